The molecule has 5 nitrogen and oxygen atoms in total. The van der Waals surface area contributed by atoms with Gasteiger partial charge in [-0.3, -0.25) is 9.69 Å². The minimum absolute atomic E-state index is 0.0872. The van der Waals surface area contributed by atoms with Crippen molar-refractivity contribution in [1.82, 2.24) is 4.90 Å². The molecule has 0 radical (unpaired) electrons. The van der Waals surface area contributed by atoms with E-state index in [9.17, 15) is 4.79 Å². The highest BCUT2D eigenvalue weighted by Crippen LogP contribution is 2.22. The van der Waals surface area contributed by atoms with Crippen molar-refractivity contribution >= 4 is 11.6 Å². The molecule has 5 heteroatoms. The summed E-state index contributed by atoms with van der Waals surface area (Å²) in [7, 11) is 0. The van der Waals surface area contributed by atoms with Gasteiger partial charge in [-0.2, -0.15) is 0 Å². The van der Waals surface area contributed by atoms with Crippen LogP contribution in [0.2, 0.25) is 0 Å². The van der Waals surface area contributed by atoms with E-state index in [2.05, 4.69) is 31.0 Å². The summed E-state index contributed by atoms with van der Waals surface area (Å²) in [5, 5.41) is 2.99. The van der Waals surface area contributed by atoms with Crippen molar-refractivity contribution in [3.63, 3.8) is 0 Å². The van der Waals surface area contributed by atoms with Crippen LogP contribution in [0, 0.1) is 5.92 Å². The maximum Gasteiger partial charge on any atom is 0.256 e. The van der Waals surface area contributed by atoms with Gasteiger partial charge in [0.25, 0.3) is 5.91 Å². The van der Waals surface area contributed by atoms with Crippen molar-refractivity contribution in [1.29, 1.82) is 0 Å². The third-order valence-electron chi connectivity index (χ3n) is 5.50. The summed E-state index contributed by atoms with van der Waals surface area (Å²) < 4.78 is 11.7. The van der Waals surface area contributed by atoms with Gasteiger partial charge in [-0.25, -0.2) is 0 Å². The minimum Gasteiger partial charge on any atom is -0.492 e. The quantitative estimate of drug-likeness (QED) is 0.594. The lowest BCUT2D eigenvalue weighted by molar-refractivity contribution is -0.140. The summed E-state index contributed by atoms with van der Waals surface area (Å²) >= 11 is 0. The Kier molecular flexibility index (Phi) is 9.26. The number of amides is 1. The van der Waals surface area contributed by atoms with Gasteiger partial charge in [0.15, 0.2) is 0 Å². The second-order valence-corrected chi connectivity index (χ2v) is 8.18. The van der Waals surface area contributed by atoms with Crippen molar-refractivity contribution in [2.24, 2.45) is 5.92 Å². The topological polar surface area (TPSA) is 50.8 Å². The highest BCUT2D eigenvalue weighted by molar-refractivity contribution is 5.97. The molecule has 0 saturated carbocycles. The number of hydrogen-bond donors (Lipinski definition) is 1. The molecular formula is C23H38N2O3. The number of likely N-dealkylation sites (tertiary alicyclic amines) is 1. The number of anilines is 1. The Balaban J connectivity index is 1.80. The number of piperidine rings is 1. The zero-order chi connectivity index (χ0) is 20.4. The molecule has 0 aromatic heterocycles. The average Bonchev–Trinajstić information content (AvgIpc) is 2.69. The molecule has 28 heavy (non-hydrogen) atoms. The van der Waals surface area contributed by atoms with Crippen LogP contribution in [0.25, 0.3) is 0 Å². The van der Waals surface area contributed by atoms with E-state index in [0.717, 1.165) is 36.7 Å². The van der Waals surface area contributed by atoms with E-state index in [-0.39, 0.29) is 5.91 Å². The van der Waals surface area contributed by atoms with Gasteiger partial charge >= 0.3 is 0 Å². The van der Waals surface area contributed by atoms with Crippen LogP contribution in [0.5, 0.6) is 5.75 Å². The molecule has 1 aromatic carbocycles. The van der Waals surface area contributed by atoms with E-state index in [4.69, 9.17) is 9.47 Å². The van der Waals surface area contributed by atoms with Crippen LogP contribution < -0.4 is 10.1 Å². The molecule has 1 unspecified atom stereocenters. The highest BCUT2D eigenvalue weighted by atomic mass is 16.5. The first-order valence-corrected chi connectivity index (χ1v) is 10.9. The lowest BCUT2D eigenvalue weighted by atomic mass is 9.99. The molecule has 1 saturated heterocycles. The largest absolute Gasteiger partial charge is 0.492 e. The fourth-order valence-corrected chi connectivity index (χ4v) is 3.53. The number of benzene rings is 1. The molecule has 0 spiro atoms. The summed E-state index contributed by atoms with van der Waals surface area (Å²) in [4.78, 5) is 15.2. The Morgan fingerprint density at radius 3 is 2.43 bits per heavy atom. The number of rotatable bonds is 11. The third kappa shape index (κ3) is 7.10. The van der Waals surface area contributed by atoms with Gasteiger partial charge in [0.2, 0.25) is 0 Å². The Morgan fingerprint density at radius 2 is 1.82 bits per heavy atom. The molecule has 1 atom stereocenters. The van der Waals surface area contributed by atoms with Crippen LogP contribution in [-0.4, -0.2) is 49.3 Å². The van der Waals surface area contributed by atoms with Crippen LogP contribution >= 0.6 is 0 Å². The number of ether oxygens (including phenoxy) is 2. The van der Waals surface area contributed by atoms with Crippen molar-refractivity contribution in [2.75, 3.05) is 38.2 Å². The number of nitrogens with one attached hydrogen (secondary N) is 1. The van der Waals surface area contributed by atoms with Gasteiger partial charge in [-0.1, -0.05) is 27.2 Å². The predicted molar refractivity (Wildman–Crippen MR) is 115 cm³/mol. The van der Waals surface area contributed by atoms with E-state index >= 15 is 0 Å². The maximum absolute atomic E-state index is 12.7. The molecule has 0 bridgehead atoms. The summed E-state index contributed by atoms with van der Waals surface area (Å²) in [6.07, 6.45) is 5.07. The number of nitrogens with zero attached hydrogens (tertiary/aromatic N) is 1. The molecule has 1 fully saturated rings. The molecule has 0 aliphatic carbocycles. The van der Waals surface area contributed by atoms with Crippen LogP contribution in [0.3, 0.4) is 0 Å². The average molecular weight is 391 g/mol. The molecule has 1 aromatic rings. The predicted octanol–water partition coefficient (Wildman–Crippen LogP) is 4.72. The molecule has 1 amide bonds. The summed E-state index contributed by atoms with van der Waals surface area (Å²) in [5.41, 5.74) is -0.0175. The van der Waals surface area contributed by atoms with Gasteiger partial charge in [-0.15, -0.1) is 0 Å². The SMILES string of the molecule is CCCOC(C)(CCC)C(=O)Nc1ccc(OCCN2CCC(C)CC2)cc1. The summed E-state index contributed by atoms with van der Waals surface area (Å²) in [5.74, 6) is 1.60. The minimum atomic E-state index is -0.786. The second-order valence-electron chi connectivity index (χ2n) is 8.18. The lowest BCUT2D eigenvalue weighted by Crippen LogP contribution is -2.43. The Labute approximate surface area is 170 Å². The van der Waals surface area contributed by atoms with E-state index in [0.29, 0.717) is 19.6 Å². The molecule has 1 N–H and O–H groups in total. The van der Waals surface area contributed by atoms with Gasteiger partial charge in [0.05, 0.1) is 0 Å². The zero-order valence-corrected chi connectivity index (χ0v) is 18.1. The van der Waals surface area contributed by atoms with Gasteiger partial charge in [-0.05, 0) is 75.9 Å². The fraction of sp³-hybridized carbons (Fsp3) is 0.696. The fourth-order valence-electron chi connectivity index (χ4n) is 3.53. The number of hydrogen-bond acceptors (Lipinski definition) is 4. The van der Waals surface area contributed by atoms with E-state index < -0.39 is 5.60 Å². The summed E-state index contributed by atoms with van der Waals surface area (Å²) in [6, 6.07) is 7.61. The molecule has 1 aliphatic heterocycles. The maximum atomic E-state index is 12.7. The summed E-state index contributed by atoms with van der Waals surface area (Å²) in [6.45, 7) is 12.9. The molecule has 1 aliphatic rings. The number of carbonyl (C=O) groups is 1. The first kappa shape index (κ1) is 22.7. The van der Waals surface area contributed by atoms with Crippen molar-refractivity contribution in [2.45, 2.75) is 65.4 Å². The lowest BCUT2D eigenvalue weighted by Gasteiger charge is -2.30. The first-order chi connectivity index (χ1) is 13.5. The van der Waals surface area contributed by atoms with Gasteiger partial charge in [0, 0.05) is 18.8 Å². The van der Waals surface area contributed by atoms with Crippen LogP contribution in [-0.2, 0) is 9.53 Å². The third-order valence-corrected chi connectivity index (χ3v) is 5.50. The monoisotopic (exact) mass is 390 g/mol. The second kappa shape index (κ2) is 11.4. The number of carbonyl (C=O) groups excluding carboxylic acids is 1. The Morgan fingerprint density at radius 1 is 1.14 bits per heavy atom. The van der Waals surface area contributed by atoms with Crippen LogP contribution in [0.1, 0.15) is 59.8 Å². The van der Waals surface area contributed by atoms with E-state index in [1.807, 2.05) is 31.2 Å². The smallest absolute Gasteiger partial charge is 0.256 e. The highest BCUT2D eigenvalue weighted by Gasteiger charge is 2.33. The van der Waals surface area contributed by atoms with Crippen molar-refractivity contribution < 1.29 is 14.3 Å². The molecule has 1 heterocycles. The normalized spacial score (nSPS) is 17.9. The van der Waals surface area contributed by atoms with E-state index in [1.165, 1.54) is 25.9 Å². The standard InChI is InChI=1S/C23H38N2O3/c1-5-13-23(4,28-17-6-2)22(26)24-20-7-9-21(10-8-20)27-18-16-25-14-11-19(3)12-15-25/h7-10,19H,5-6,11-18H2,1-4H3,(H,24,26). The first-order valence-electron chi connectivity index (χ1n) is 10.9. The van der Waals surface area contributed by atoms with Crippen molar-refractivity contribution in [3.05, 3.63) is 24.3 Å². The van der Waals surface area contributed by atoms with Crippen molar-refractivity contribution in [3.8, 4) is 5.75 Å². The molecule has 158 valence electrons. The zero-order valence-electron chi connectivity index (χ0n) is 18.1. The molecule has 2 rings (SSSR count). The molecular weight excluding hydrogens is 352 g/mol. The van der Waals surface area contributed by atoms with E-state index in [1.54, 1.807) is 0 Å². The van der Waals surface area contributed by atoms with Crippen LogP contribution in [0.15, 0.2) is 24.3 Å². The Hall–Kier alpha value is -1.59. The van der Waals surface area contributed by atoms with Crippen LogP contribution in [0.4, 0.5) is 5.69 Å². The van der Waals surface area contributed by atoms with Gasteiger partial charge in [0.1, 0.15) is 18.0 Å². The van der Waals surface area contributed by atoms with Gasteiger partial charge < -0.3 is 14.8 Å². The Bertz CT molecular complexity index is 582.